The average molecular weight is 230 g/mol. The highest BCUT2D eigenvalue weighted by Crippen LogP contribution is 2.35. The van der Waals surface area contributed by atoms with Crippen molar-refractivity contribution in [1.29, 1.82) is 0 Å². The molecule has 0 spiro atoms. The molecule has 1 saturated carbocycles. The molecule has 0 heterocycles. The summed E-state index contributed by atoms with van der Waals surface area (Å²) < 4.78 is 5.77. The van der Waals surface area contributed by atoms with Gasteiger partial charge in [0.1, 0.15) is 6.10 Å². The van der Waals surface area contributed by atoms with Crippen LogP contribution in [0.1, 0.15) is 40.0 Å². The van der Waals surface area contributed by atoms with Gasteiger partial charge in [-0.1, -0.05) is 27.2 Å². The summed E-state index contributed by atoms with van der Waals surface area (Å²) in [5.74, 6) is 1.94. The Morgan fingerprint density at radius 2 is 2.00 bits per heavy atom. The molecule has 0 saturated heterocycles. The van der Waals surface area contributed by atoms with Gasteiger partial charge in [0.05, 0.1) is 19.3 Å². The van der Waals surface area contributed by atoms with Crippen LogP contribution in [0.15, 0.2) is 0 Å². The predicted molar refractivity (Wildman–Crippen MR) is 64.2 cm³/mol. The summed E-state index contributed by atoms with van der Waals surface area (Å²) in [6.07, 6.45) is 3.11. The largest absolute Gasteiger partial charge is 0.394 e. The van der Waals surface area contributed by atoms with Crippen molar-refractivity contribution in [2.45, 2.75) is 52.2 Å². The Bertz CT molecular complexity index is 194. The van der Waals surface area contributed by atoms with E-state index >= 15 is 0 Å². The number of rotatable bonds is 5. The molecule has 0 aromatic heterocycles. The van der Waals surface area contributed by atoms with Crippen LogP contribution in [-0.4, -0.2) is 35.6 Å². The maximum Gasteiger partial charge on any atom is 0.100 e. The zero-order valence-corrected chi connectivity index (χ0v) is 10.7. The molecule has 3 nitrogen and oxygen atoms in total. The van der Waals surface area contributed by atoms with Crippen molar-refractivity contribution in [3.05, 3.63) is 0 Å². The van der Waals surface area contributed by atoms with Crippen molar-refractivity contribution in [2.75, 3.05) is 13.2 Å². The summed E-state index contributed by atoms with van der Waals surface area (Å²) in [7, 11) is 0. The molecular weight excluding hydrogens is 204 g/mol. The van der Waals surface area contributed by atoms with Gasteiger partial charge < -0.3 is 14.9 Å². The van der Waals surface area contributed by atoms with Gasteiger partial charge in [-0.2, -0.15) is 0 Å². The molecule has 1 fully saturated rings. The van der Waals surface area contributed by atoms with E-state index in [9.17, 15) is 5.11 Å². The molecule has 0 aromatic carbocycles. The van der Waals surface area contributed by atoms with Gasteiger partial charge in [-0.3, -0.25) is 0 Å². The monoisotopic (exact) mass is 230 g/mol. The second kappa shape index (κ2) is 6.58. The zero-order chi connectivity index (χ0) is 12.1. The fourth-order valence-electron chi connectivity index (χ4n) is 2.59. The van der Waals surface area contributed by atoms with E-state index in [1.54, 1.807) is 0 Å². The van der Waals surface area contributed by atoms with Gasteiger partial charge in [-0.05, 0) is 30.6 Å². The Morgan fingerprint density at radius 3 is 2.56 bits per heavy atom. The Morgan fingerprint density at radius 1 is 1.31 bits per heavy atom. The van der Waals surface area contributed by atoms with Crippen molar-refractivity contribution in [2.24, 2.45) is 17.8 Å². The summed E-state index contributed by atoms with van der Waals surface area (Å²) >= 11 is 0. The summed E-state index contributed by atoms with van der Waals surface area (Å²) in [5, 5.41) is 18.1. The second-order valence-corrected chi connectivity index (χ2v) is 5.53. The smallest absolute Gasteiger partial charge is 0.100 e. The van der Waals surface area contributed by atoms with Crippen molar-refractivity contribution >= 4 is 0 Å². The van der Waals surface area contributed by atoms with Crippen LogP contribution >= 0.6 is 0 Å². The Labute approximate surface area is 98.8 Å². The van der Waals surface area contributed by atoms with Crippen LogP contribution in [0.2, 0.25) is 0 Å². The third-order valence-corrected chi connectivity index (χ3v) is 3.67. The molecule has 16 heavy (non-hydrogen) atoms. The van der Waals surface area contributed by atoms with Crippen LogP contribution in [0.5, 0.6) is 0 Å². The van der Waals surface area contributed by atoms with E-state index in [1.807, 2.05) is 0 Å². The van der Waals surface area contributed by atoms with Crippen LogP contribution in [0, 0.1) is 17.8 Å². The molecule has 4 atom stereocenters. The van der Waals surface area contributed by atoms with Crippen LogP contribution in [0.3, 0.4) is 0 Å². The molecule has 0 bridgehead atoms. The summed E-state index contributed by atoms with van der Waals surface area (Å²) in [4.78, 5) is 0. The molecule has 0 aliphatic heterocycles. The van der Waals surface area contributed by atoms with Gasteiger partial charge in [-0.25, -0.2) is 0 Å². The standard InChI is InChI=1S/C13H26O3/c1-9(2)12-5-4-10(3)6-13(12)16-8-11(15)7-14/h9-15H,4-8H2,1-3H3/t10-,11+,12+,13+/m0/s1. The van der Waals surface area contributed by atoms with Crippen LogP contribution in [-0.2, 0) is 4.74 Å². The minimum atomic E-state index is -0.731. The lowest BCUT2D eigenvalue weighted by atomic mass is 9.75. The molecule has 1 rings (SSSR count). The molecule has 2 N–H and O–H groups in total. The first-order valence-corrected chi connectivity index (χ1v) is 6.45. The molecule has 0 unspecified atom stereocenters. The third-order valence-electron chi connectivity index (χ3n) is 3.67. The van der Waals surface area contributed by atoms with Crippen LogP contribution in [0.4, 0.5) is 0 Å². The van der Waals surface area contributed by atoms with Crippen LogP contribution < -0.4 is 0 Å². The fourth-order valence-corrected chi connectivity index (χ4v) is 2.59. The first-order valence-electron chi connectivity index (χ1n) is 6.45. The number of aliphatic hydroxyl groups excluding tert-OH is 2. The van der Waals surface area contributed by atoms with Gasteiger partial charge >= 0.3 is 0 Å². The summed E-state index contributed by atoms with van der Waals surface area (Å²) in [6, 6.07) is 0. The van der Waals surface area contributed by atoms with E-state index in [0.717, 1.165) is 6.42 Å². The van der Waals surface area contributed by atoms with E-state index in [4.69, 9.17) is 9.84 Å². The van der Waals surface area contributed by atoms with Gasteiger partial charge in [0.25, 0.3) is 0 Å². The van der Waals surface area contributed by atoms with Crippen molar-refractivity contribution < 1.29 is 14.9 Å². The number of ether oxygens (including phenoxy) is 1. The van der Waals surface area contributed by atoms with E-state index in [2.05, 4.69) is 20.8 Å². The molecule has 0 aromatic rings. The number of hydrogen-bond donors (Lipinski definition) is 2. The highest BCUT2D eigenvalue weighted by atomic mass is 16.5. The van der Waals surface area contributed by atoms with Crippen molar-refractivity contribution in [3.63, 3.8) is 0 Å². The topological polar surface area (TPSA) is 49.7 Å². The van der Waals surface area contributed by atoms with E-state index in [-0.39, 0.29) is 19.3 Å². The first kappa shape index (κ1) is 13.9. The zero-order valence-electron chi connectivity index (χ0n) is 10.7. The average Bonchev–Trinajstić information content (AvgIpc) is 2.25. The fraction of sp³-hybridized carbons (Fsp3) is 1.00. The lowest BCUT2D eigenvalue weighted by molar-refractivity contribution is -0.0776. The maximum absolute atomic E-state index is 9.30. The quantitative estimate of drug-likeness (QED) is 0.757. The van der Waals surface area contributed by atoms with Gasteiger partial charge in [0.15, 0.2) is 0 Å². The normalized spacial score (nSPS) is 33.0. The Balaban J connectivity index is 2.44. The highest BCUT2D eigenvalue weighted by Gasteiger charge is 2.31. The molecule has 1 aliphatic carbocycles. The minimum absolute atomic E-state index is 0.214. The third kappa shape index (κ3) is 4.04. The first-order chi connectivity index (χ1) is 7.54. The molecular formula is C13H26O3. The molecule has 1 aliphatic rings. The van der Waals surface area contributed by atoms with Gasteiger partial charge in [-0.15, -0.1) is 0 Å². The van der Waals surface area contributed by atoms with Gasteiger partial charge in [0, 0.05) is 0 Å². The minimum Gasteiger partial charge on any atom is -0.394 e. The molecule has 96 valence electrons. The summed E-state index contributed by atoms with van der Waals surface area (Å²) in [6.45, 7) is 6.78. The van der Waals surface area contributed by atoms with E-state index in [0.29, 0.717) is 17.8 Å². The van der Waals surface area contributed by atoms with Crippen LogP contribution in [0.25, 0.3) is 0 Å². The molecule has 0 amide bonds. The van der Waals surface area contributed by atoms with E-state index < -0.39 is 6.10 Å². The maximum atomic E-state index is 9.30. The molecule has 3 heteroatoms. The number of aliphatic hydroxyl groups is 2. The molecule has 0 radical (unpaired) electrons. The lowest BCUT2D eigenvalue weighted by Gasteiger charge is -2.37. The lowest BCUT2D eigenvalue weighted by Crippen LogP contribution is -2.36. The predicted octanol–water partition coefficient (Wildman–Crippen LogP) is 1.82. The van der Waals surface area contributed by atoms with Crippen molar-refractivity contribution in [1.82, 2.24) is 0 Å². The second-order valence-electron chi connectivity index (χ2n) is 5.53. The summed E-state index contributed by atoms with van der Waals surface area (Å²) in [5.41, 5.74) is 0. The highest BCUT2D eigenvalue weighted by molar-refractivity contribution is 4.81. The van der Waals surface area contributed by atoms with E-state index in [1.165, 1.54) is 12.8 Å². The SMILES string of the molecule is CC(C)[C@H]1CC[C@H](C)C[C@H]1OC[C@H](O)CO. The van der Waals surface area contributed by atoms with Crippen molar-refractivity contribution in [3.8, 4) is 0 Å². The number of hydrogen-bond acceptors (Lipinski definition) is 3. The van der Waals surface area contributed by atoms with Gasteiger partial charge in [0.2, 0.25) is 0 Å². The Hall–Kier alpha value is -0.120. The Kier molecular flexibility index (Phi) is 5.73.